The smallest absolute Gasteiger partial charge is 0.274 e. The maximum absolute atomic E-state index is 14.0. The molecule has 0 saturated carbocycles. The Bertz CT molecular complexity index is 1590. The second kappa shape index (κ2) is 8.04. The fourth-order valence-corrected chi connectivity index (χ4v) is 4.79. The number of benzene rings is 3. The molecule has 0 saturated heterocycles. The quantitative estimate of drug-likeness (QED) is 0.355. The van der Waals surface area contributed by atoms with Gasteiger partial charge in [0.05, 0.1) is 20.6 Å². The summed E-state index contributed by atoms with van der Waals surface area (Å²) in [5, 5.41) is 0.323. The largest absolute Gasteiger partial charge is 0.489 e. The van der Waals surface area contributed by atoms with Crippen LogP contribution in [0.5, 0.6) is 5.75 Å². The lowest BCUT2D eigenvalue weighted by Crippen LogP contribution is -2.22. The summed E-state index contributed by atoms with van der Waals surface area (Å²) in [4.78, 5) is 18.4. The molecular formula is C25H18ClFN2O2S. The van der Waals surface area contributed by atoms with Gasteiger partial charge in [0.1, 0.15) is 18.2 Å². The number of ether oxygens (including phenoxy) is 1. The maximum Gasteiger partial charge on any atom is 0.274 e. The van der Waals surface area contributed by atoms with Crippen LogP contribution in [0.1, 0.15) is 22.3 Å². The Morgan fingerprint density at radius 3 is 2.72 bits per heavy atom. The van der Waals surface area contributed by atoms with Crippen LogP contribution in [-0.2, 0) is 6.61 Å². The van der Waals surface area contributed by atoms with Crippen LogP contribution in [0.2, 0.25) is 5.02 Å². The normalized spacial score (nSPS) is 12.2. The van der Waals surface area contributed by atoms with E-state index >= 15 is 0 Å². The minimum atomic E-state index is -0.407. The van der Waals surface area contributed by atoms with E-state index in [4.69, 9.17) is 16.3 Å². The molecule has 4 nitrogen and oxygen atoms in total. The number of aryl methyl sites for hydroxylation is 2. The van der Waals surface area contributed by atoms with E-state index in [-0.39, 0.29) is 12.2 Å². The fraction of sp³-hybridized carbons (Fsp3) is 0.120. The zero-order valence-electron chi connectivity index (χ0n) is 17.4. The molecule has 5 aromatic rings. The number of hydrogen-bond acceptors (Lipinski definition) is 4. The molecule has 0 amide bonds. The van der Waals surface area contributed by atoms with E-state index in [9.17, 15) is 9.18 Å². The first-order valence-corrected chi connectivity index (χ1v) is 11.2. The summed E-state index contributed by atoms with van der Waals surface area (Å²) in [6.45, 7) is 4.08. The van der Waals surface area contributed by atoms with Crippen LogP contribution >= 0.6 is 22.9 Å². The van der Waals surface area contributed by atoms with Crippen molar-refractivity contribution < 1.29 is 9.13 Å². The first-order chi connectivity index (χ1) is 15.4. The lowest BCUT2D eigenvalue weighted by molar-refractivity contribution is 0.300. The van der Waals surface area contributed by atoms with Crippen molar-refractivity contribution in [2.24, 2.45) is 0 Å². The van der Waals surface area contributed by atoms with Gasteiger partial charge in [-0.2, -0.15) is 0 Å². The number of aromatic nitrogens is 2. The highest BCUT2D eigenvalue weighted by Crippen LogP contribution is 2.23. The second-order valence-corrected chi connectivity index (χ2v) is 9.05. The molecule has 0 aliphatic carbocycles. The van der Waals surface area contributed by atoms with Gasteiger partial charge in [-0.05, 0) is 73.0 Å². The van der Waals surface area contributed by atoms with E-state index < -0.39 is 5.82 Å². The summed E-state index contributed by atoms with van der Waals surface area (Å²) in [6, 6.07) is 15.9. The molecule has 3 aromatic carbocycles. The number of imidazole rings is 1. The Morgan fingerprint density at radius 2 is 1.91 bits per heavy atom. The van der Waals surface area contributed by atoms with Gasteiger partial charge in [0.15, 0.2) is 4.96 Å². The van der Waals surface area contributed by atoms with Gasteiger partial charge in [0, 0.05) is 5.56 Å². The summed E-state index contributed by atoms with van der Waals surface area (Å²) >= 11 is 7.42. The highest BCUT2D eigenvalue weighted by Gasteiger charge is 2.12. The number of rotatable bonds is 4. The minimum Gasteiger partial charge on any atom is -0.489 e. The fourth-order valence-electron chi connectivity index (χ4n) is 3.59. The number of fused-ring (bicyclic) bond motifs is 3. The van der Waals surface area contributed by atoms with Crippen molar-refractivity contribution in [3.8, 4) is 5.75 Å². The molecule has 32 heavy (non-hydrogen) atoms. The molecule has 7 heteroatoms. The summed E-state index contributed by atoms with van der Waals surface area (Å²) in [6.07, 6.45) is 1.82. The molecule has 0 unspecified atom stereocenters. The third-order valence-electron chi connectivity index (χ3n) is 5.46. The van der Waals surface area contributed by atoms with Crippen molar-refractivity contribution in [3.63, 3.8) is 0 Å². The molecule has 0 aliphatic heterocycles. The lowest BCUT2D eigenvalue weighted by Gasteiger charge is -2.09. The predicted molar refractivity (Wildman–Crippen MR) is 127 cm³/mol. The van der Waals surface area contributed by atoms with Crippen LogP contribution in [0.15, 0.2) is 59.4 Å². The second-order valence-electron chi connectivity index (χ2n) is 7.63. The van der Waals surface area contributed by atoms with Gasteiger partial charge < -0.3 is 4.74 Å². The molecular weight excluding hydrogens is 447 g/mol. The van der Waals surface area contributed by atoms with Crippen molar-refractivity contribution in [1.82, 2.24) is 9.38 Å². The Labute approximate surface area is 192 Å². The molecule has 0 bridgehead atoms. The molecule has 2 aromatic heterocycles. The third-order valence-corrected chi connectivity index (χ3v) is 6.78. The average Bonchev–Trinajstić information content (AvgIpc) is 3.24. The van der Waals surface area contributed by atoms with Crippen LogP contribution < -0.4 is 14.8 Å². The predicted octanol–water partition coefficient (Wildman–Crippen LogP) is 5.45. The summed E-state index contributed by atoms with van der Waals surface area (Å²) in [5.41, 5.74) is 4.93. The van der Waals surface area contributed by atoms with Gasteiger partial charge in [-0.15, -0.1) is 0 Å². The minimum absolute atomic E-state index is 0.0132. The van der Waals surface area contributed by atoms with Gasteiger partial charge in [0.25, 0.3) is 5.56 Å². The van der Waals surface area contributed by atoms with Gasteiger partial charge in [-0.1, -0.05) is 41.1 Å². The van der Waals surface area contributed by atoms with Crippen molar-refractivity contribution in [2.45, 2.75) is 20.5 Å². The maximum atomic E-state index is 14.0. The van der Waals surface area contributed by atoms with Crippen LogP contribution in [0.25, 0.3) is 22.1 Å². The van der Waals surface area contributed by atoms with E-state index in [1.807, 2.05) is 50.3 Å². The zero-order valence-corrected chi connectivity index (χ0v) is 18.9. The zero-order chi connectivity index (χ0) is 22.4. The Kier molecular flexibility index (Phi) is 5.19. The number of nitrogens with zero attached hydrogens (tertiary/aromatic N) is 2. The Hall–Kier alpha value is -3.22. The first kappa shape index (κ1) is 20.7. The van der Waals surface area contributed by atoms with E-state index in [1.165, 1.54) is 17.4 Å². The Morgan fingerprint density at radius 1 is 1.12 bits per heavy atom. The summed E-state index contributed by atoms with van der Waals surface area (Å²) < 4.78 is 22.0. The van der Waals surface area contributed by atoms with Crippen LogP contribution in [0.4, 0.5) is 4.39 Å². The summed E-state index contributed by atoms with van der Waals surface area (Å²) in [7, 11) is 0. The van der Waals surface area contributed by atoms with E-state index in [2.05, 4.69) is 4.98 Å². The average molecular weight is 465 g/mol. The molecule has 160 valence electrons. The van der Waals surface area contributed by atoms with Crippen LogP contribution in [-0.4, -0.2) is 9.38 Å². The molecule has 5 rings (SSSR count). The molecule has 0 radical (unpaired) electrons. The number of halogens is 2. The van der Waals surface area contributed by atoms with Crippen molar-refractivity contribution >= 4 is 45.0 Å². The number of thiazole rings is 1. The first-order valence-electron chi connectivity index (χ1n) is 10.0. The highest BCUT2D eigenvalue weighted by atomic mass is 35.5. The van der Waals surface area contributed by atoms with E-state index in [0.717, 1.165) is 27.7 Å². The van der Waals surface area contributed by atoms with Gasteiger partial charge in [-0.25, -0.2) is 13.8 Å². The topological polar surface area (TPSA) is 43.6 Å². The van der Waals surface area contributed by atoms with E-state index in [0.29, 0.717) is 25.8 Å². The van der Waals surface area contributed by atoms with Crippen LogP contribution in [0, 0.1) is 19.7 Å². The molecule has 0 spiro atoms. The molecule has 0 aliphatic rings. The molecule has 0 fully saturated rings. The molecule has 2 heterocycles. The molecule has 0 atom stereocenters. The number of hydrogen-bond donors (Lipinski definition) is 0. The van der Waals surface area contributed by atoms with Crippen LogP contribution in [0.3, 0.4) is 0 Å². The highest BCUT2D eigenvalue weighted by molar-refractivity contribution is 7.15. The van der Waals surface area contributed by atoms with Gasteiger partial charge in [-0.3, -0.25) is 4.79 Å². The van der Waals surface area contributed by atoms with E-state index in [1.54, 1.807) is 22.6 Å². The monoisotopic (exact) mass is 464 g/mol. The van der Waals surface area contributed by atoms with Crippen molar-refractivity contribution in [3.05, 3.63) is 103 Å². The third kappa shape index (κ3) is 3.66. The van der Waals surface area contributed by atoms with Gasteiger partial charge in [0.2, 0.25) is 0 Å². The molecule has 0 N–H and O–H groups in total. The van der Waals surface area contributed by atoms with Gasteiger partial charge >= 0.3 is 0 Å². The summed E-state index contributed by atoms with van der Waals surface area (Å²) in [5.74, 6) is 0.152. The van der Waals surface area contributed by atoms with Crippen molar-refractivity contribution in [2.75, 3.05) is 0 Å². The SMILES string of the molecule is Cc1cc2nc3s/c(=C\c4cccc(OCc5c(F)cccc5Cl)c4)c(=O)n3c2cc1C. The Balaban J connectivity index is 1.49. The van der Waals surface area contributed by atoms with Crippen molar-refractivity contribution in [1.29, 1.82) is 0 Å². The lowest BCUT2D eigenvalue weighted by atomic mass is 10.1. The standard InChI is InChI=1S/C25H18ClFN2O2S/c1-14-9-21-22(10-15(14)2)29-24(30)23(32-25(29)28-21)12-16-5-3-6-17(11-16)31-13-18-19(26)7-4-8-20(18)27/h3-12H,13H2,1-2H3/b23-12-.